The van der Waals surface area contributed by atoms with Crippen molar-refractivity contribution in [3.8, 4) is 5.75 Å². The highest BCUT2D eigenvalue weighted by Gasteiger charge is 2.22. The van der Waals surface area contributed by atoms with Crippen LogP contribution in [0.5, 0.6) is 5.75 Å². The number of rotatable bonds is 8. The Morgan fingerprint density at radius 1 is 1.14 bits per heavy atom. The minimum atomic E-state index is -3.64. The van der Waals surface area contributed by atoms with Crippen molar-refractivity contribution in [2.24, 2.45) is 0 Å². The molecule has 1 N–H and O–H groups in total. The van der Waals surface area contributed by atoms with E-state index in [0.717, 1.165) is 11.3 Å². The first kappa shape index (κ1) is 21.9. The van der Waals surface area contributed by atoms with Crippen molar-refractivity contribution in [1.82, 2.24) is 4.31 Å². The lowest BCUT2D eigenvalue weighted by Crippen LogP contribution is -2.30. The number of amides is 1. The molecule has 28 heavy (non-hydrogen) atoms. The fourth-order valence-electron chi connectivity index (χ4n) is 2.53. The largest absolute Gasteiger partial charge is 0.497 e. The van der Waals surface area contributed by atoms with Gasteiger partial charge in [-0.1, -0.05) is 37.6 Å². The van der Waals surface area contributed by atoms with E-state index in [4.69, 9.17) is 16.3 Å². The third kappa shape index (κ3) is 5.34. The van der Waals surface area contributed by atoms with E-state index >= 15 is 0 Å². The number of nitrogens with one attached hydrogen (secondary N) is 1. The van der Waals surface area contributed by atoms with Crippen LogP contribution < -0.4 is 10.1 Å². The van der Waals surface area contributed by atoms with Crippen molar-refractivity contribution in [3.63, 3.8) is 0 Å². The standard InChI is InChI=1S/C20H23ClN2O4S/c1-4-23(5-2)28(25,26)17-11-12-18(21)19(14-17)22-20(24)13-8-15-6-9-16(27-3)10-7-15/h6-14H,4-5H2,1-3H3,(H,22,24). The van der Waals surface area contributed by atoms with E-state index in [1.54, 1.807) is 39.2 Å². The second-order valence-corrected chi connectivity index (χ2v) is 8.17. The van der Waals surface area contributed by atoms with Crippen LogP contribution in [0.4, 0.5) is 5.69 Å². The Hall–Kier alpha value is -2.35. The molecule has 0 saturated carbocycles. The zero-order valence-electron chi connectivity index (χ0n) is 16.0. The minimum absolute atomic E-state index is 0.0787. The second kappa shape index (κ2) is 9.73. The molecule has 2 aromatic rings. The van der Waals surface area contributed by atoms with Gasteiger partial charge in [0, 0.05) is 19.2 Å². The van der Waals surface area contributed by atoms with Crippen molar-refractivity contribution in [1.29, 1.82) is 0 Å². The molecule has 0 aliphatic heterocycles. The Bertz CT molecular complexity index is 953. The molecule has 0 aliphatic rings. The first-order valence-electron chi connectivity index (χ1n) is 8.74. The van der Waals surface area contributed by atoms with E-state index in [-0.39, 0.29) is 15.6 Å². The maximum atomic E-state index is 12.7. The Morgan fingerprint density at radius 3 is 2.36 bits per heavy atom. The molecular weight excluding hydrogens is 400 g/mol. The van der Waals surface area contributed by atoms with E-state index < -0.39 is 15.9 Å². The molecule has 2 rings (SSSR count). The topological polar surface area (TPSA) is 75.7 Å². The van der Waals surface area contributed by atoms with Crippen molar-refractivity contribution in [2.45, 2.75) is 18.7 Å². The Balaban J connectivity index is 2.18. The van der Waals surface area contributed by atoms with Gasteiger partial charge in [-0.2, -0.15) is 4.31 Å². The Kier molecular flexibility index (Phi) is 7.62. The normalized spacial score (nSPS) is 11.8. The average Bonchev–Trinajstić information content (AvgIpc) is 2.69. The molecule has 0 atom stereocenters. The van der Waals surface area contributed by atoms with Gasteiger partial charge in [0.05, 0.1) is 22.7 Å². The fraction of sp³-hybridized carbons (Fsp3) is 0.250. The lowest BCUT2D eigenvalue weighted by molar-refractivity contribution is -0.111. The molecule has 0 aliphatic carbocycles. The van der Waals surface area contributed by atoms with Crippen LogP contribution in [0.1, 0.15) is 19.4 Å². The second-order valence-electron chi connectivity index (χ2n) is 5.83. The summed E-state index contributed by atoms with van der Waals surface area (Å²) in [5.41, 5.74) is 1.05. The third-order valence-corrected chi connectivity index (χ3v) is 6.46. The molecule has 0 spiro atoms. The van der Waals surface area contributed by atoms with Gasteiger partial charge in [0.25, 0.3) is 0 Å². The third-order valence-electron chi connectivity index (χ3n) is 4.08. The van der Waals surface area contributed by atoms with Crippen molar-refractivity contribution in [2.75, 3.05) is 25.5 Å². The number of halogens is 1. The summed E-state index contributed by atoms with van der Waals surface area (Å²) in [5.74, 6) is 0.301. The summed E-state index contributed by atoms with van der Waals surface area (Å²) in [6.07, 6.45) is 2.99. The first-order valence-corrected chi connectivity index (χ1v) is 10.6. The molecule has 0 unspecified atom stereocenters. The number of hydrogen-bond acceptors (Lipinski definition) is 4. The van der Waals surface area contributed by atoms with Crippen molar-refractivity contribution < 1.29 is 17.9 Å². The number of benzene rings is 2. The highest BCUT2D eigenvalue weighted by Crippen LogP contribution is 2.27. The van der Waals surface area contributed by atoms with Gasteiger partial charge >= 0.3 is 0 Å². The zero-order valence-corrected chi connectivity index (χ0v) is 17.5. The zero-order chi connectivity index (χ0) is 20.7. The summed E-state index contributed by atoms with van der Waals surface area (Å²) < 4.78 is 31.7. The van der Waals surface area contributed by atoms with Crippen molar-refractivity contribution >= 4 is 39.3 Å². The maximum Gasteiger partial charge on any atom is 0.248 e. The van der Waals surface area contributed by atoms with Gasteiger partial charge in [-0.25, -0.2) is 8.42 Å². The number of anilines is 1. The van der Waals surface area contributed by atoms with E-state index in [1.807, 2.05) is 12.1 Å². The molecule has 2 aromatic carbocycles. The lowest BCUT2D eigenvalue weighted by atomic mass is 10.2. The summed E-state index contributed by atoms with van der Waals surface area (Å²) in [7, 11) is -2.06. The van der Waals surface area contributed by atoms with Crippen LogP contribution in [0.15, 0.2) is 53.4 Å². The molecular formula is C20H23ClN2O4S. The van der Waals surface area contributed by atoms with Gasteiger partial charge in [-0.05, 0) is 42.0 Å². The van der Waals surface area contributed by atoms with Crippen LogP contribution in [0, 0.1) is 0 Å². The van der Waals surface area contributed by atoms with Gasteiger partial charge in [0.1, 0.15) is 5.75 Å². The molecule has 0 saturated heterocycles. The molecule has 6 nitrogen and oxygen atoms in total. The number of hydrogen-bond donors (Lipinski definition) is 1. The Labute approximate surface area is 170 Å². The molecule has 8 heteroatoms. The summed E-state index contributed by atoms with van der Waals surface area (Å²) >= 11 is 6.13. The van der Waals surface area contributed by atoms with Crippen molar-refractivity contribution in [3.05, 3.63) is 59.1 Å². The van der Waals surface area contributed by atoms with Crippen LogP contribution in [-0.4, -0.2) is 38.8 Å². The quantitative estimate of drug-likeness (QED) is 0.651. The molecule has 0 radical (unpaired) electrons. The molecule has 0 bridgehead atoms. The highest BCUT2D eigenvalue weighted by atomic mass is 35.5. The van der Waals surface area contributed by atoms with Crippen LogP contribution >= 0.6 is 11.6 Å². The Morgan fingerprint density at radius 2 is 1.79 bits per heavy atom. The van der Waals surface area contributed by atoms with Gasteiger partial charge in [0.15, 0.2) is 0 Å². The van der Waals surface area contributed by atoms with Crippen LogP contribution in [-0.2, 0) is 14.8 Å². The number of methoxy groups -OCH3 is 1. The summed E-state index contributed by atoms with van der Waals surface area (Å²) in [6.45, 7) is 4.24. The summed E-state index contributed by atoms with van der Waals surface area (Å²) in [5, 5.41) is 2.88. The smallest absolute Gasteiger partial charge is 0.248 e. The molecule has 0 fully saturated rings. The fourth-order valence-corrected chi connectivity index (χ4v) is 4.18. The van der Waals surface area contributed by atoms with Gasteiger partial charge in [-0.3, -0.25) is 4.79 Å². The molecule has 0 heterocycles. The number of ether oxygens (including phenoxy) is 1. The molecule has 0 aromatic heterocycles. The van der Waals surface area contributed by atoms with Crippen LogP contribution in [0.3, 0.4) is 0 Å². The highest BCUT2D eigenvalue weighted by molar-refractivity contribution is 7.89. The molecule has 150 valence electrons. The number of nitrogens with zero attached hydrogens (tertiary/aromatic N) is 1. The van der Waals surface area contributed by atoms with Gasteiger partial charge < -0.3 is 10.1 Å². The summed E-state index contributed by atoms with van der Waals surface area (Å²) in [4.78, 5) is 12.3. The van der Waals surface area contributed by atoms with Gasteiger partial charge in [0.2, 0.25) is 15.9 Å². The number of carbonyl (C=O) groups excluding carboxylic acids is 1. The number of sulfonamides is 1. The van der Waals surface area contributed by atoms with E-state index in [1.165, 1.54) is 28.6 Å². The lowest BCUT2D eigenvalue weighted by Gasteiger charge is -2.19. The first-order chi connectivity index (χ1) is 13.3. The minimum Gasteiger partial charge on any atom is -0.497 e. The van der Waals surface area contributed by atoms with Crippen LogP contribution in [0.25, 0.3) is 6.08 Å². The molecule has 1 amide bonds. The predicted molar refractivity (Wildman–Crippen MR) is 112 cm³/mol. The van der Waals surface area contributed by atoms with E-state index in [2.05, 4.69) is 5.32 Å². The average molecular weight is 423 g/mol. The van der Waals surface area contributed by atoms with E-state index in [0.29, 0.717) is 13.1 Å². The SMILES string of the molecule is CCN(CC)S(=O)(=O)c1ccc(Cl)c(NC(=O)C=Cc2ccc(OC)cc2)c1. The monoisotopic (exact) mass is 422 g/mol. The maximum absolute atomic E-state index is 12.7. The van der Waals surface area contributed by atoms with E-state index in [9.17, 15) is 13.2 Å². The van der Waals surface area contributed by atoms with Gasteiger partial charge in [-0.15, -0.1) is 0 Å². The van der Waals surface area contributed by atoms with Crippen LogP contribution in [0.2, 0.25) is 5.02 Å². The summed E-state index contributed by atoms with van der Waals surface area (Å²) in [6, 6.07) is 11.5. The predicted octanol–water partition coefficient (Wildman–Crippen LogP) is 4.03. The number of carbonyl (C=O) groups is 1.